The van der Waals surface area contributed by atoms with E-state index < -0.39 is 0 Å². The summed E-state index contributed by atoms with van der Waals surface area (Å²) in [4.78, 5) is 3.92. The Kier molecular flexibility index (Phi) is 3.71. The maximum Gasteiger partial charge on any atom is 0.0736 e. The van der Waals surface area contributed by atoms with E-state index in [-0.39, 0.29) is 0 Å². The normalized spacial score (nSPS) is 10.2. The van der Waals surface area contributed by atoms with Crippen molar-refractivity contribution < 1.29 is 0 Å². The molecular weight excluding hydrogens is 257 g/mol. The topological polar surface area (TPSA) is 50.9 Å². The third kappa shape index (κ3) is 3.02. The number of pyridine rings is 1. The number of nitrogen functional groups attached to an aromatic ring is 1. The van der Waals surface area contributed by atoms with Crippen LogP contribution in [0.5, 0.6) is 0 Å². The summed E-state index contributed by atoms with van der Waals surface area (Å²) in [6, 6.07) is 7.23. The molecule has 0 aliphatic heterocycles. The first-order valence-corrected chi connectivity index (χ1v) is 5.79. The van der Waals surface area contributed by atoms with E-state index in [1.165, 1.54) is 0 Å². The van der Waals surface area contributed by atoms with Gasteiger partial charge in [0.1, 0.15) is 0 Å². The second-order valence-electron chi connectivity index (χ2n) is 3.55. The van der Waals surface area contributed by atoms with Crippen LogP contribution in [0.3, 0.4) is 0 Å². The highest BCUT2D eigenvalue weighted by Crippen LogP contribution is 2.23. The van der Waals surface area contributed by atoms with E-state index in [0.29, 0.717) is 22.3 Å². The Morgan fingerprint density at radius 1 is 1.24 bits per heavy atom. The molecule has 0 aliphatic rings. The number of aromatic nitrogens is 1. The third-order valence-electron chi connectivity index (χ3n) is 2.34. The van der Waals surface area contributed by atoms with Crippen molar-refractivity contribution in [2.45, 2.75) is 6.54 Å². The minimum Gasteiger partial charge on any atom is -0.396 e. The molecule has 0 spiro atoms. The van der Waals surface area contributed by atoms with Crippen LogP contribution in [0.2, 0.25) is 10.0 Å². The highest BCUT2D eigenvalue weighted by atomic mass is 35.5. The average molecular weight is 268 g/mol. The fourth-order valence-electron chi connectivity index (χ4n) is 1.42. The van der Waals surface area contributed by atoms with Gasteiger partial charge in [-0.1, -0.05) is 29.3 Å². The molecule has 0 aliphatic carbocycles. The highest BCUT2D eigenvalue weighted by Gasteiger charge is 2.02. The van der Waals surface area contributed by atoms with Crippen LogP contribution in [0.4, 0.5) is 11.4 Å². The van der Waals surface area contributed by atoms with Crippen LogP contribution in [0.15, 0.2) is 36.7 Å². The molecule has 0 radical (unpaired) electrons. The summed E-state index contributed by atoms with van der Waals surface area (Å²) in [5, 5.41) is 4.46. The molecule has 0 saturated heterocycles. The summed E-state index contributed by atoms with van der Waals surface area (Å²) >= 11 is 11.9. The SMILES string of the molecule is Nc1cnccc1NCc1ccc(Cl)cc1Cl. The van der Waals surface area contributed by atoms with Crippen molar-refractivity contribution in [1.29, 1.82) is 0 Å². The first-order chi connectivity index (χ1) is 8.16. The second-order valence-corrected chi connectivity index (χ2v) is 4.40. The minimum absolute atomic E-state index is 0.588. The largest absolute Gasteiger partial charge is 0.396 e. The molecule has 5 heteroatoms. The van der Waals surface area contributed by atoms with Gasteiger partial charge < -0.3 is 11.1 Å². The molecule has 0 unspecified atom stereocenters. The van der Waals surface area contributed by atoms with Crippen LogP contribution in [0.25, 0.3) is 0 Å². The zero-order valence-corrected chi connectivity index (χ0v) is 10.5. The molecule has 0 atom stereocenters. The number of rotatable bonds is 3. The first kappa shape index (κ1) is 12.0. The smallest absolute Gasteiger partial charge is 0.0736 e. The molecule has 3 N–H and O–H groups in total. The molecule has 88 valence electrons. The number of halogens is 2. The second kappa shape index (κ2) is 5.25. The molecular formula is C12H11Cl2N3. The van der Waals surface area contributed by atoms with E-state index in [2.05, 4.69) is 10.3 Å². The predicted molar refractivity (Wildman–Crippen MR) is 72.4 cm³/mol. The summed E-state index contributed by atoms with van der Waals surface area (Å²) in [5.74, 6) is 0. The van der Waals surface area contributed by atoms with Gasteiger partial charge in [0.25, 0.3) is 0 Å². The lowest BCUT2D eigenvalue weighted by Gasteiger charge is -2.10. The molecule has 0 bridgehead atoms. The number of hydrogen-bond donors (Lipinski definition) is 2. The van der Waals surface area contributed by atoms with Crippen molar-refractivity contribution in [3.05, 3.63) is 52.3 Å². The summed E-state index contributed by atoms with van der Waals surface area (Å²) in [6.45, 7) is 0.588. The zero-order chi connectivity index (χ0) is 12.3. The monoisotopic (exact) mass is 267 g/mol. The van der Waals surface area contributed by atoms with Gasteiger partial charge in [-0.05, 0) is 23.8 Å². The third-order valence-corrected chi connectivity index (χ3v) is 2.92. The van der Waals surface area contributed by atoms with E-state index in [9.17, 15) is 0 Å². The summed E-state index contributed by atoms with van der Waals surface area (Å²) in [7, 11) is 0. The summed E-state index contributed by atoms with van der Waals surface area (Å²) in [5.41, 5.74) is 8.18. The van der Waals surface area contributed by atoms with Gasteiger partial charge >= 0.3 is 0 Å². The molecule has 3 nitrogen and oxygen atoms in total. The van der Waals surface area contributed by atoms with E-state index >= 15 is 0 Å². The van der Waals surface area contributed by atoms with Gasteiger partial charge in [0.2, 0.25) is 0 Å². The highest BCUT2D eigenvalue weighted by molar-refractivity contribution is 6.35. The van der Waals surface area contributed by atoms with E-state index in [1.54, 1.807) is 24.5 Å². The Bertz CT molecular complexity index is 529. The number of anilines is 2. The van der Waals surface area contributed by atoms with Crippen molar-refractivity contribution in [1.82, 2.24) is 4.98 Å². The molecule has 2 rings (SSSR count). The minimum atomic E-state index is 0.588. The Labute approximate surface area is 110 Å². The van der Waals surface area contributed by atoms with Crippen LogP contribution in [-0.2, 0) is 6.54 Å². The number of hydrogen-bond acceptors (Lipinski definition) is 3. The van der Waals surface area contributed by atoms with Crippen molar-refractivity contribution in [2.75, 3.05) is 11.1 Å². The van der Waals surface area contributed by atoms with Crippen LogP contribution in [-0.4, -0.2) is 4.98 Å². The van der Waals surface area contributed by atoms with Crippen molar-refractivity contribution in [3.63, 3.8) is 0 Å². The van der Waals surface area contributed by atoms with Gasteiger partial charge in [0.15, 0.2) is 0 Å². The van der Waals surface area contributed by atoms with Crippen LogP contribution < -0.4 is 11.1 Å². The number of nitrogens with one attached hydrogen (secondary N) is 1. The van der Waals surface area contributed by atoms with Crippen LogP contribution in [0, 0.1) is 0 Å². The molecule has 2 aromatic rings. The number of nitrogens with zero attached hydrogens (tertiary/aromatic N) is 1. The Hall–Kier alpha value is -1.45. The van der Waals surface area contributed by atoms with E-state index in [4.69, 9.17) is 28.9 Å². The lowest BCUT2D eigenvalue weighted by Crippen LogP contribution is -2.03. The van der Waals surface area contributed by atoms with Crippen molar-refractivity contribution >= 4 is 34.6 Å². The first-order valence-electron chi connectivity index (χ1n) is 5.04. The van der Waals surface area contributed by atoms with Gasteiger partial charge in [-0.2, -0.15) is 0 Å². The average Bonchev–Trinajstić information content (AvgIpc) is 2.30. The maximum atomic E-state index is 6.07. The molecule has 1 aromatic heterocycles. The lowest BCUT2D eigenvalue weighted by atomic mass is 10.2. The predicted octanol–water partition coefficient (Wildman–Crippen LogP) is 3.58. The summed E-state index contributed by atoms with van der Waals surface area (Å²) < 4.78 is 0. The van der Waals surface area contributed by atoms with Crippen molar-refractivity contribution in [3.8, 4) is 0 Å². The summed E-state index contributed by atoms with van der Waals surface area (Å²) in [6.07, 6.45) is 3.29. The fourth-order valence-corrected chi connectivity index (χ4v) is 1.90. The van der Waals surface area contributed by atoms with Crippen molar-refractivity contribution in [2.24, 2.45) is 0 Å². The molecule has 0 amide bonds. The van der Waals surface area contributed by atoms with Gasteiger partial charge in [0, 0.05) is 22.8 Å². The van der Waals surface area contributed by atoms with Gasteiger partial charge in [-0.3, -0.25) is 4.98 Å². The number of benzene rings is 1. The Morgan fingerprint density at radius 2 is 2.06 bits per heavy atom. The quantitative estimate of drug-likeness (QED) is 0.894. The van der Waals surface area contributed by atoms with Gasteiger partial charge in [-0.15, -0.1) is 0 Å². The molecule has 1 aromatic carbocycles. The molecule has 0 fully saturated rings. The maximum absolute atomic E-state index is 6.07. The van der Waals surface area contributed by atoms with E-state index in [1.807, 2.05) is 12.1 Å². The van der Waals surface area contributed by atoms with Crippen LogP contribution in [0.1, 0.15) is 5.56 Å². The molecule has 0 saturated carbocycles. The lowest BCUT2D eigenvalue weighted by molar-refractivity contribution is 1.14. The fraction of sp³-hybridized carbons (Fsp3) is 0.0833. The molecule has 17 heavy (non-hydrogen) atoms. The Morgan fingerprint density at radius 3 is 2.76 bits per heavy atom. The standard InChI is InChI=1S/C12H11Cl2N3/c13-9-2-1-8(10(14)5-9)6-17-12-3-4-16-7-11(12)15/h1-5,7H,6,15H2,(H,16,17). The van der Waals surface area contributed by atoms with Gasteiger partial charge in [0.05, 0.1) is 17.6 Å². The van der Waals surface area contributed by atoms with Crippen LogP contribution >= 0.6 is 23.2 Å². The van der Waals surface area contributed by atoms with E-state index in [0.717, 1.165) is 11.3 Å². The number of nitrogens with two attached hydrogens (primary N) is 1. The zero-order valence-electron chi connectivity index (χ0n) is 8.95. The molecule has 1 heterocycles. The van der Waals surface area contributed by atoms with Gasteiger partial charge in [-0.25, -0.2) is 0 Å². The Balaban J connectivity index is 2.10.